The van der Waals surface area contributed by atoms with E-state index < -0.39 is 0 Å². The van der Waals surface area contributed by atoms with Gasteiger partial charge in [0.1, 0.15) is 0 Å². The minimum Gasteiger partial charge on any atom is -0.376 e. The third-order valence-corrected chi connectivity index (χ3v) is 10.3. The van der Waals surface area contributed by atoms with Gasteiger partial charge in [0.05, 0.1) is 0 Å². The molecule has 8 aromatic rings. The van der Waals surface area contributed by atoms with Crippen LogP contribution in [-0.4, -0.2) is 16.8 Å². The molecule has 0 saturated carbocycles. The molecule has 232 valence electrons. The highest BCUT2D eigenvalue weighted by Crippen LogP contribution is 2.47. The number of anilines is 2. The van der Waals surface area contributed by atoms with Crippen LogP contribution >= 0.6 is 0 Å². The summed E-state index contributed by atoms with van der Waals surface area (Å²) >= 11 is 0. The first-order chi connectivity index (χ1) is 24.8. The molecule has 0 saturated heterocycles. The van der Waals surface area contributed by atoms with Gasteiger partial charge in [-0.3, -0.25) is 9.97 Å². The number of benzene rings is 6. The van der Waals surface area contributed by atoms with Gasteiger partial charge >= 0.3 is 6.85 Å². The molecule has 50 heavy (non-hydrogen) atoms. The van der Waals surface area contributed by atoms with Crippen molar-refractivity contribution in [2.75, 3.05) is 4.81 Å². The molecule has 0 unspecified atom stereocenters. The van der Waals surface area contributed by atoms with Crippen molar-refractivity contribution in [3.05, 3.63) is 183 Å². The molecule has 2 aromatic heterocycles. The fourth-order valence-corrected chi connectivity index (χ4v) is 7.88. The summed E-state index contributed by atoms with van der Waals surface area (Å²) in [5, 5.41) is 0. The zero-order valence-corrected chi connectivity index (χ0v) is 27.2. The van der Waals surface area contributed by atoms with Gasteiger partial charge in [0.15, 0.2) is 0 Å². The summed E-state index contributed by atoms with van der Waals surface area (Å²) in [6.45, 7) is 0.0802. The van der Waals surface area contributed by atoms with Gasteiger partial charge in [-0.2, -0.15) is 0 Å². The van der Waals surface area contributed by atoms with E-state index in [2.05, 4.69) is 160 Å². The Morgan fingerprint density at radius 2 is 0.740 bits per heavy atom. The normalized spacial score (nSPS) is 12.3. The number of nitrogens with zero attached hydrogens (tertiary/aromatic N) is 3. The summed E-state index contributed by atoms with van der Waals surface area (Å²) in [5.41, 5.74) is 19.6. The van der Waals surface area contributed by atoms with Gasteiger partial charge in [-0.1, -0.05) is 121 Å². The smallest absolute Gasteiger partial charge is 0.329 e. The predicted octanol–water partition coefficient (Wildman–Crippen LogP) is 10.0. The molecule has 0 N–H and O–H groups in total. The van der Waals surface area contributed by atoms with Crippen molar-refractivity contribution < 1.29 is 0 Å². The molecule has 0 spiro atoms. The predicted molar refractivity (Wildman–Crippen MR) is 208 cm³/mol. The molecule has 0 aliphatic carbocycles. The standard InChI is InChI=1S/C46H30BN3/c1-3-11-43-39(9-1)41-27-35(31-13-17-33(18-14-31)37-7-5-25-48-29-37)21-23-45(41)50-46-24-22-36(28-42(46)40-10-2-4-12-44(40)47(43)50)32-15-19-34(20-16-32)38-8-6-26-49-30-38/h1-30H. The molecule has 10 rings (SSSR count). The highest BCUT2D eigenvalue weighted by Gasteiger charge is 2.42. The van der Waals surface area contributed by atoms with Gasteiger partial charge in [0, 0.05) is 47.3 Å². The SMILES string of the molecule is c1cncc(-c2ccc(-c3ccc4c(c3)-c3ccccc3B3c5ccccc5-c5cc(-c6ccc(-c7cccnc7)cc6)ccc5N34)cc2)c1. The van der Waals surface area contributed by atoms with Crippen LogP contribution in [0.25, 0.3) is 66.8 Å². The van der Waals surface area contributed by atoms with Crippen LogP contribution in [0.3, 0.4) is 0 Å². The van der Waals surface area contributed by atoms with E-state index in [9.17, 15) is 0 Å². The zero-order valence-electron chi connectivity index (χ0n) is 27.2. The lowest BCUT2D eigenvalue weighted by Gasteiger charge is -2.43. The van der Waals surface area contributed by atoms with Crippen LogP contribution < -0.4 is 15.7 Å². The summed E-state index contributed by atoms with van der Waals surface area (Å²) in [4.78, 5) is 11.2. The lowest BCUT2D eigenvalue weighted by atomic mass is 9.43. The van der Waals surface area contributed by atoms with Crippen LogP contribution in [0.4, 0.5) is 11.4 Å². The Kier molecular flexibility index (Phi) is 6.60. The van der Waals surface area contributed by atoms with Crippen molar-refractivity contribution in [2.45, 2.75) is 0 Å². The Labute approximate surface area is 292 Å². The van der Waals surface area contributed by atoms with E-state index in [0.717, 1.165) is 11.1 Å². The average Bonchev–Trinajstić information content (AvgIpc) is 3.21. The van der Waals surface area contributed by atoms with Crippen molar-refractivity contribution >= 4 is 29.1 Å². The summed E-state index contributed by atoms with van der Waals surface area (Å²) in [5.74, 6) is 0. The number of aromatic nitrogens is 2. The third kappa shape index (κ3) is 4.61. The lowest BCUT2D eigenvalue weighted by Crippen LogP contribution is -2.59. The maximum atomic E-state index is 4.30. The molecule has 2 aliphatic heterocycles. The van der Waals surface area contributed by atoms with Crippen LogP contribution in [0.1, 0.15) is 0 Å². The molecule has 4 heterocycles. The molecule has 6 aromatic carbocycles. The van der Waals surface area contributed by atoms with E-state index >= 15 is 0 Å². The lowest BCUT2D eigenvalue weighted by molar-refractivity contribution is 1.33. The second kappa shape index (κ2) is 11.6. The van der Waals surface area contributed by atoms with Crippen molar-refractivity contribution in [1.29, 1.82) is 0 Å². The summed E-state index contributed by atoms with van der Waals surface area (Å²) < 4.78 is 0. The molecule has 0 amide bonds. The van der Waals surface area contributed by atoms with Gasteiger partial charge in [0.2, 0.25) is 0 Å². The van der Waals surface area contributed by atoms with Crippen molar-refractivity contribution in [3.8, 4) is 66.8 Å². The minimum atomic E-state index is 0.0802. The monoisotopic (exact) mass is 635 g/mol. The van der Waals surface area contributed by atoms with E-state index in [-0.39, 0.29) is 6.85 Å². The highest BCUT2D eigenvalue weighted by molar-refractivity contribution is 6.92. The van der Waals surface area contributed by atoms with Crippen LogP contribution in [0.5, 0.6) is 0 Å². The average molecular weight is 636 g/mol. The number of rotatable bonds is 4. The number of hydrogen-bond donors (Lipinski definition) is 0. The summed E-state index contributed by atoms with van der Waals surface area (Å²) in [6, 6.07) is 57.7. The summed E-state index contributed by atoms with van der Waals surface area (Å²) in [6.07, 6.45) is 7.46. The maximum absolute atomic E-state index is 4.30. The second-order valence-electron chi connectivity index (χ2n) is 13.0. The van der Waals surface area contributed by atoms with E-state index in [1.807, 2.05) is 36.9 Å². The Morgan fingerprint density at radius 1 is 0.340 bits per heavy atom. The molecular weight excluding hydrogens is 605 g/mol. The first-order valence-electron chi connectivity index (χ1n) is 17.1. The minimum absolute atomic E-state index is 0.0802. The molecule has 0 bridgehead atoms. The van der Waals surface area contributed by atoms with E-state index in [4.69, 9.17) is 0 Å². The molecule has 0 atom stereocenters. The topological polar surface area (TPSA) is 29.0 Å². The van der Waals surface area contributed by atoms with Crippen molar-refractivity contribution in [2.24, 2.45) is 0 Å². The quantitative estimate of drug-likeness (QED) is 0.180. The van der Waals surface area contributed by atoms with Crippen LogP contribution in [0.2, 0.25) is 0 Å². The molecular formula is C46H30BN3. The molecule has 4 heteroatoms. The van der Waals surface area contributed by atoms with E-state index in [1.165, 1.54) is 77.9 Å². The first-order valence-corrected chi connectivity index (χ1v) is 17.1. The van der Waals surface area contributed by atoms with Crippen molar-refractivity contribution in [3.63, 3.8) is 0 Å². The third-order valence-electron chi connectivity index (χ3n) is 10.3. The molecule has 3 nitrogen and oxygen atoms in total. The largest absolute Gasteiger partial charge is 0.376 e. The Bertz CT molecular complexity index is 2350. The first kappa shape index (κ1) is 28.5. The number of hydrogen-bond acceptors (Lipinski definition) is 3. The highest BCUT2D eigenvalue weighted by atomic mass is 15.1. The Morgan fingerprint density at radius 3 is 1.16 bits per heavy atom. The number of pyridine rings is 2. The molecule has 0 radical (unpaired) electrons. The van der Waals surface area contributed by atoms with Gasteiger partial charge in [-0.05, 0) is 103 Å². The number of fused-ring (bicyclic) bond motifs is 11. The second-order valence-corrected chi connectivity index (χ2v) is 13.0. The summed E-state index contributed by atoms with van der Waals surface area (Å²) in [7, 11) is 0. The van der Waals surface area contributed by atoms with Crippen LogP contribution in [0.15, 0.2) is 183 Å². The fourth-order valence-electron chi connectivity index (χ4n) is 7.88. The Hall–Kier alpha value is -6.52. The maximum Gasteiger partial charge on any atom is 0.329 e. The van der Waals surface area contributed by atoms with Gasteiger partial charge in [0.25, 0.3) is 0 Å². The molecule has 2 aliphatic rings. The fraction of sp³-hybridized carbons (Fsp3) is 0. The van der Waals surface area contributed by atoms with Crippen molar-refractivity contribution in [1.82, 2.24) is 9.97 Å². The van der Waals surface area contributed by atoms with Gasteiger partial charge in [-0.15, -0.1) is 0 Å². The zero-order chi connectivity index (χ0) is 33.0. The van der Waals surface area contributed by atoms with Gasteiger partial charge < -0.3 is 4.81 Å². The van der Waals surface area contributed by atoms with E-state index in [1.54, 1.807) is 0 Å². The van der Waals surface area contributed by atoms with Crippen LogP contribution in [0, 0.1) is 0 Å². The Balaban J connectivity index is 1.09. The van der Waals surface area contributed by atoms with Crippen LogP contribution in [-0.2, 0) is 0 Å². The van der Waals surface area contributed by atoms with E-state index in [0.29, 0.717) is 0 Å². The molecule has 0 fully saturated rings. The van der Waals surface area contributed by atoms with Gasteiger partial charge in [-0.25, -0.2) is 0 Å².